The van der Waals surface area contributed by atoms with Crippen molar-refractivity contribution in [3.63, 3.8) is 0 Å². The number of carboxylic acids is 1. The van der Waals surface area contributed by atoms with Crippen LogP contribution in [0.25, 0.3) is 11.1 Å². The number of hydrogen-bond donors (Lipinski definition) is 1. The van der Waals surface area contributed by atoms with E-state index in [-0.39, 0.29) is 6.54 Å². The molecule has 0 unspecified atom stereocenters. The molecule has 0 aliphatic carbocycles. The second-order valence-electron chi connectivity index (χ2n) is 4.03. The first-order valence-electron chi connectivity index (χ1n) is 5.57. The predicted molar refractivity (Wildman–Crippen MR) is 76.1 cm³/mol. The third-order valence-corrected chi connectivity index (χ3v) is 3.00. The van der Waals surface area contributed by atoms with Gasteiger partial charge >= 0.3 is 5.97 Å². The van der Waals surface area contributed by atoms with Crippen LogP contribution < -0.4 is 4.90 Å². The van der Waals surface area contributed by atoms with E-state index in [1.807, 2.05) is 24.3 Å². The van der Waals surface area contributed by atoms with Gasteiger partial charge in [0.1, 0.15) is 6.54 Å². The summed E-state index contributed by atoms with van der Waals surface area (Å²) >= 11 is 3.41. The summed E-state index contributed by atoms with van der Waals surface area (Å²) in [5.74, 6) is -0.525. The largest absolute Gasteiger partial charge is 0.480 e. The zero-order valence-electron chi connectivity index (χ0n) is 10.2. The highest BCUT2D eigenvalue weighted by molar-refractivity contribution is 9.10. The maximum atomic E-state index is 10.6. The van der Waals surface area contributed by atoms with E-state index in [1.165, 1.54) is 4.90 Å². The molecule has 0 fully saturated rings. The number of hydrogen-bond acceptors (Lipinski definition) is 4. The van der Waals surface area contributed by atoms with Crippen molar-refractivity contribution in [2.75, 3.05) is 18.5 Å². The molecule has 0 atom stereocenters. The summed E-state index contributed by atoms with van der Waals surface area (Å²) in [6.45, 7) is -0.129. The van der Waals surface area contributed by atoms with Gasteiger partial charge < -0.3 is 10.0 Å². The number of halogens is 1. The lowest BCUT2D eigenvalue weighted by Gasteiger charge is -2.14. The van der Waals surface area contributed by atoms with Gasteiger partial charge in [0.25, 0.3) is 0 Å². The number of carbonyl (C=O) groups is 1. The summed E-state index contributed by atoms with van der Waals surface area (Å²) in [4.78, 5) is 20.4. The lowest BCUT2D eigenvalue weighted by molar-refractivity contribution is -0.135. The highest BCUT2D eigenvalue weighted by Crippen LogP contribution is 2.22. The molecule has 19 heavy (non-hydrogen) atoms. The summed E-state index contributed by atoms with van der Waals surface area (Å²) in [7, 11) is 1.64. The molecule has 0 saturated heterocycles. The number of benzene rings is 1. The molecule has 5 nitrogen and oxygen atoms in total. The molecule has 0 radical (unpaired) electrons. The van der Waals surface area contributed by atoms with E-state index in [9.17, 15) is 4.79 Å². The van der Waals surface area contributed by atoms with Crippen LogP contribution >= 0.6 is 15.9 Å². The molecule has 0 aliphatic rings. The standard InChI is InChI=1S/C13H12BrN3O2/c1-17(8-12(18)19)13-15-6-10(7-16-13)9-3-2-4-11(14)5-9/h2-7H,8H2,1H3,(H,18,19). The van der Waals surface area contributed by atoms with Crippen molar-refractivity contribution >= 4 is 27.8 Å². The Morgan fingerprint density at radius 3 is 2.58 bits per heavy atom. The number of aliphatic carboxylic acids is 1. The van der Waals surface area contributed by atoms with Crippen LogP contribution in [-0.4, -0.2) is 34.6 Å². The van der Waals surface area contributed by atoms with Crippen molar-refractivity contribution < 1.29 is 9.90 Å². The van der Waals surface area contributed by atoms with E-state index in [0.717, 1.165) is 15.6 Å². The maximum absolute atomic E-state index is 10.6. The van der Waals surface area contributed by atoms with Gasteiger partial charge in [0, 0.05) is 29.5 Å². The van der Waals surface area contributed by atoms with Crippen LogP contribution in [0.3, 0.4) is 0 Å². The van der Waals surface area contributed by atoms with Crippen molar-refractivity contribution in [3.05, 3.63) is 41.1 Å². The Bertz CT molecular complexity index is 587. The zero-order chi connectivity index (χ0) is 13.8. The van der Waals surface area contributed by atoms with E-state index < -0.39 is 5.97 Å². The Hall–Kier alpha value is -1.95. The third kappa shape index (κ3) is 3.51. The molecule has 2 aromatic rings. The van der Waals surface area contributed by atoms with E-state index in [0.29, 0.717) is 5.95 Å². The van der Waals surface area contributed by atoms with Crippen LogP contribution in [0.4, 0.5) is 5.95 Å². The lowest BCUT2D eigenvalue weighted by Crippen LogP contribution is -2.26. The highest BCUT2D eigenvalue weighted by atomic mass is 79.9. The molecule has 1 N–H and O–H groups in total. The van der Waals surface area contributed by atoms with Gasteiger partial charge in [-0.25, -0.2) is 9.97 Å². The zero-order valence-corrected chi connectivity index (χ0v) is 11.8. The molecule has 1 heterocycles. The van der Waals surface area contributed by atoms with Crippen LogP contribution in [0.2, 0.25) is 0 Å². The Labute approximate surface area is 119 Å². The molecule has 0 bridgehead atoms. The SMILES string of the molecule is CN(CC(=O)O)c1ncc(-c2cccc(Br)c2)cn1. The van der Waals surface area contributed by atoms with E-state index in [4.69, 9.17) is 5.11 Å². The number of likely N-dealkylation sites (N-methyl/N-ethyl adjacent to an activating group) is 1. The van der Waals surface area contributed by atoms with Crippen molar-refractivity contribution in [2.24, 2.45) is 0 Å². The summed E-state index contributed by atoms with van der Waals surface area (Å²) < 4.78 is 0.983. The van der Waals surface area contributed by atoms with Crippen LogP contribution in [-0.2, 0) is 4.79 Å². The molecule has 6 heteroatoms. The van der Waals surface area contributed by atoms with E-state index in [1.54, 1.807) is 19.4 Å². The highest BCUT2D eigenvalue weighted by Gasteiger charge is 2.08. The van der Waals surface area contributed by atoms with Crippen molar-refractivity contribution in [1.82, 2.24) is 9.97 Å². The second-order valence-corrected chi connectivity index (χ2v) is 4.95. The first kappa shape index (κ1) is 13.5. The van der Waals surface area contributed by atoms with E-state index in [2.05, 4.69) is 25.9 Å². The van der Waals surface area contributed by atoms with Gasteiger partial charge in [-0.15, -0.1) is 0 Å². The minimum absolute atomic E-state index is 0.129. The number of nitrogens with zero attached hydrogens (tertiary/aromatic N) is 3. The average Bonchev–Trinajstić information content (AvgIpc) is 2.38. The first-order chi connectivity index (χ1) is 9.06. The molecule has 98 valence electrons. The fraction of sp³-hybridized carbons (Fsp3) is 0.154. The van der Waals surface area contributed by atoms with Crippen molar-refractivity contribution in [1.29, 1.82) is 0 Å². The quantitative estimate of drug-likeness (QED) is 0.936. The van der Waals surface area contributed by atoms with Gasteiger partial charge in [-0.05, 0) is 17.7 Å². The topological polar surface area (TPSA) is 66.3 Å². The maximum Gasteiger partial charge on any atom is 0.323 e. The lowest BCUT2D eigenvalue weighted by atomic mass is 10.1. The number of aromatic nitrogens is 2. The molecule has 0 amide bonds. The van der Waals surface area contributed by atoms with Gasteiger partial charge in [-0.3, -0.25) is 4.79 Å². The molecule has 0 aliphatic heterocycles. The number of anilines is 1. The Morgan fingerprint density at radius 1 is 1.32 bits per heavy atom. The van der Waals surface area contributed by atoms with Gasteiger partial charge in [0.05, 0.1) is 0 Å². The second kappa shape index (κ2) is 5.79. The summed E-state index contributed by atoms with van der Waals surface area (Å²) in [5, 5.41) is 8.71. The molecule has 1 aromatic heterocycles. The van der Waals surface area contributed by atoms with Crippen LogP contribution in [0.15, 0.2) is 41.1 Å². The molecule has 1 aromatic carbocycles. The summed E-state index contributed by atoms with van der Waals surface area (Å²) in [6.07, 6.45) is 3.37. The van der Waals surface area contributed by atoms with E-state index >= 15 is 0 Å². The van der Waals surface area contributed by atoms with Crippen molar-refractivity contribution in [3.8, 4) is 11.1 Å². The molecule has 0 spiro atoms. The Balaban J connectivity index is 2.21. The number of carboxylic acid groups (broad SMARTS) is 1. The van der Waals surface area contributed by atoms with Crippen molar-refractivity contribution in [2.45, 2.75) is 0 Å². The minimum Gasteiger partial charge on any atom is -0.480 e. The summed E-state index contributed by atoms with van der Waals surface area (Å²) in [6, 6.07) is 7.81. The van der Waals surface area contributed by atoms with Gasteiger partial charge in [-0.2, -0.15) is 0 Å². The molecule has 0 saturated carbocycles. The molecular weight excluding hydrogens is 310 g/mol. The smallest absolute Gasteiger partial charge is 0.323 e. The fourth-order valence-electron chi connectivity index (χ4n) is 1.61. The van der Waals surface area contributed by atoms with Crippen LogP contribution in [0.5, 0.6) is 0 Å². The fourth-order valence-corrected chi connectivity index (χ4v) is 2.01. The summed E-state index contributed by atoms with van der Waals surface area (Å²) in [5.41, 5.74) is 1.88. The molecule has 2 rings (SSSR count). The number of rotatable bonds is 4. The average molecular weight is 322 g/mol. The van der Waals surface area contributed by atoms with Crippen LogP contribution in [0.1, 0.15) is 0 Å². The third-order valence-electron chi connectivity index (χ3n) is 2.51. The molecular formula is C13H12BrN3O2. The van der Waals surface area contributed by atoms with Gasteiger partial charge in [0.2, 0.25) is 5.95 Å². The minimum atomic E-state index is -0.915. The van der Waals surface area contributed by atoms with Crippen LogP contribution in [0, 0.1) is 0 Å². The monoisotopic (exact) mass is 321 g/mol. The first-order valence-corrected chi connectivity index (χ1v) is 6.36. The normalized spacial score (nSPS) is 10.2. The Kier molecular flexibility index (Phi) is 4.11. The Morgan fingerprint density at radius 2 is 2.00 bits per heavy atom. The van der Waals surface area contributed by atoms with Gasteiger partial charge in [-0.1, -0.05) is 28.1 Å². The van der Waals surface area contributed by atoms with Gasteiger partial charge in [0.15, 0.2) is 0 Å². The predicted octanol–water partition coefficient (Wildman–Crippen LogP) is 2.43.